The summed E-state index contributed by atoms with van der Waals surface area (Å²) in [5, 5.41) is 0. The Labute approximate surface area is 35.6 Å². The Kier molecular flexibility index (Phi) is 13.3. The average Bonchev–Trinajstić information content (AvgIpc) is 1.41. The van der Waals surface area contributed by atoms with E-state index >= 15 is 0 Å². The predicted octanol–water partition coefficient (Wildman–Crippen LogP) is 0.662. The van der Waals surface area contributed by atoms with Crippen molar-refractivity contribution in [2.45, 2.75) is 13.8 Å². The van der Waals surface area contributed by atoms with E-state index in [9.17, 15) is 4.79 Å². The standard InChI is InChI=1S/C3H6O.O2/c1-3(2)4;1-2/h1-2H3;. The third-order valence-electron chi connectivity index (χ3n) is 0. The molecule has 3 nitrogen and oxygen atoms in total. The fourth-order valence-corrected chi connectivity index (χ4v) is 0. The highest BCUT2D eigenvalue weighted by Gasteiger charge is 1.62. The van der Waals surface area contributed by atoms with Crippen molar-refractivity contribution in [3.8, 4) is 0 Å². The first-order chi connectivity index (χ1) is 2.73. The smallest absolute Gasteiger partial charge is 0.126 e. The highest BCUT2D eigenvalue weighted by molar-refractivity contribution is 5.72. The zero-order valence-electron chi connectivity index (χ0n) is 3.72. The summed E-state index contributed by atoms with van der Waals surface area (Å²) in [6, 6.07) is 0. The van der Waals surface area contributed by atoms with Gasteiger partial charge >= 0.3 is 0 Å². The van der Waals surface area contributed by atoms with Crippen LogP contribution in [0.1, 0.15) is 13.8 Å². The van der Waals surface area contributed by atoms with E-state index in [1.807, 2.05) is 0 Å². The van der Waals surface area contributed by atoms with Crippen molar-refractivity contribution in [3.63, 3.8) is 0 Å². The lowest BCUT2D eigenvalue weighted by molar-refractivity contribution is -0.114. The molecule has 0 aliphatic carbocycles. The molecule has 3 heteroatoms. The highest BCUT2D eigenvalue weighted by atomic mass is 16.7. The van der Waals surface area contributed by atoms with Crippen molar-refractivity contribution in [2.75, 3.05) is 0 Å². The monoisotopic (exact) mass is 90.0 g/mol. The number of carbonyl (C=O) groups excluding carboxylic acids is 1. The van der Waals surface area contributed by atoms with Crippen LogP contribution in [0.5, 0.6) is 0 Å². The van der Waals surface area contributed by atoms with Crippen molar-refractivity contribution in [1.82, 2.24) is 0 Å². The summed E-state index contributed by atoms with van der Waals surface area (Å²) >= 11 is 0. The largest absolute Gasteiger partial charge is 0.300 e. The molecule has 6 heavy (non-hydrogen) atoms. The van der Waals surface area contributed by atoms with E-state index in [1.165, 1.54) is 13.8 Å². The summed E-state index contributed by atoms with van der Waals surface area (Å²) < 4.78 is 0. The molecule has 0 saturated heterocycles. The molecule has 0 saturated carbocycles. The van der Waals surface area contributed by atoms with E-state index in [1.54, 1.807) is 0 Å². The van der Waals surface area contributed by atoms with Crippen LogP contribution in [-0.2, 0) is 4.79 Å². The second-order valence-electron chi connectivity index (χ2n) is 0.908. The maximum absolute atomic E-state index is 9.44. The fourth-order valence-electron chi connectivity index (χ4n) is 0. The van der Waals surface area contributed by atoms with Gasteiger partial charge in [0.15, 0.2) is 0 Å². The molecule has 36 valence electrons. The molecule has 0 fully saturated rings. The van der Waals surface area contributed by atoms with E-state index in [-0.39, 0.29) is 5.78 Å². The van der Waals surface area contributed by atoms with E-state index in [0.717, 1.165) is 0 Å². The number of carbonyl (C=O) groups is 1. The normalized spacial score (nSPS) is 5.00. The topological polar surface area (TPSA) is 51.2 Å². The first-order valence-electron chi connectivity index (χ1n) is 1.37. The van der Waals surface area contributed by atoms with E-state index in [0.29, 0.717) is 0 Å². The highest BCUT2D eigenvalue weighted by Crippen LogP contribution is 1.50. The summed E-state index contributed by atoms with van der Waals surface area (Å²) in [4.78, 5) is 23.4. The summed E-state index contributed by atoms with van der Waals surface area (Å²) in [6.45, 7) is 3.06. The van der Waals surface area contributed by atoms with Crippen molar-refractivity contribution in [1.29, 1.82) is 0 Å². The number of hydrogen-bond donors (Lipinski definition) is 0. The molecule has 0 unspecified atom stereocenters. The van der Waals surface area contributed by atoms with Crippen LogP contribution in [0.2, 0.25) is 0 Å². The maximum Gasteiger partial charge on any atom is 0.126 e. The van der Waals surface area contributed by atoms with Crippen LogP contribution < -0.4 is 0 Å². The van der Waals surface area contributed by atoms with Crippen LogP contribution >= 0.6 is 0 Å². The van der Waals surface area contributed by atoms with Crippen LogP contribution in [0.3, 0.4) is 0 Å². The predicted molar refractivity (Wildman–Crippen MR) is 23.1 cm³/mol. The number of ketones is 1. The zero-order valence-corrected chi connectivity index (χ0v) is 3.72. The lowest BCUT2D eigenvalue weighted by Crippen LogP contribution is -1.69. The van der Waals surface area contributed by atoms with Gasteiger partial charge in [-0.3, -0.25) is 0 Å². The summed E-state index contributed by atoms with van der Waals surface area (Å²) in [5.41, 5.74) is 0. The summed E-state index contributed by atoms with van der Waals surface area (Å²) in [5.74, 6) is 0.167. The molecule has 0 aliphatic heterocycles. The van der Waals surface area contributed by atoms with Crippen molar-refractivity contribution >= 4 is 5.78 Å². The van der Waals surface area contributed by atoms with E-state index in [2.05, 4.69) is 0 Å². The second kappa shape index (κ2) is 8.86. The van der Waals surface area contributed by atoms with Gasteiger partial charge in [0, 0.05) is 9.93 Å². The van der Waals surface area contributed by atoms with Crippen molar-refractivity contribution in [2.24, 2.45) is 0 Å². The minimum atomic E-state index is 0.167. The SMILES string of the molecule is CC(C)=O.O=O. The van der Waals surface area contributed by atoms with Gasteiger partial charge in [0.1, 0.15) is 5.78 Å². The average molecular weight is 90.1 g/mol. The first-order valence-corrected chi connectivity index (χ1v) is 1.37. The molecular formula is C3H6O3. The minimum absolute atomic E-state index is 0.167. The van der Waals surface area contributed by atoms with Gasteiger partial charge < -0.3 is 4.79 Å². The van der Waals surface area contributed by atoms with Gasteiger partial charge in [0.25, 0.3) is 0 Å². The Morgan fingerprint density at radius 3 is 1.17 bits per heavy atom. The van der Waals surface area contributed by atoms with Crippen molar-refractivity contribution in [3.05, 3.63) is 9.93 Å². The molecule has 0 radical (unpaired) electrons. The Hall–Kier alpha value is -0.730. The molecular weight excluding hydrogens is 84.0 g/mol. The lowest BCUT2D eigenvalue weighted by atomic mass is 10.6. The molecule has 0 heterocycles. The molecule has 0 amide bonds. The van der Waals surface area contributed by atoms with Gasteiger partial charge in [0.2, 0.25) is 0 Å². The molecule has 0 rings (SSSR count). The van der Waals surface area contributed by atoms with Gasteiger partial charge in [-0.2, -0.15) is 0 Å². The van der Waals surface area contributed by atoms with Gasteiger partial charge in [-0.15, -0.1) is 0 Å². The zero-order chi connectivity index (χ0) is 5.58. The summed E-state index contributed by atoms with van der Waals surface area (Å²) in [7, 11) is 0. The molecule has 0 aromatic carbocycles. The minimum Gasteiger partial charge on any atom is -0.300 e. The third kappa shape index (κ3) is 31.6. The van der Waals surface area contributed by atoms with E-state index < -0.39 is 0 Å². The molecule has 0 spiro atoms. The molecule has 0 bridgehead atoms. The molecule has 0 atom stereocenters. The van der Waals surface area contributed by atoms with Gasteiger partial charge in [0.05, 0.1) is 0 Å². The first kappa shape index (κ1) is 8.99. The Bertz CT molecular complexity index is 37.3. The lowest BCUT2D eigenvalue weighted by Gasteiger charge is -1.56. The van der Waals surface area contributed by atoms with Crippen molar-refractivity contribution < 1.29 is 4.79 Å². The molecule has 0 aromatic rings. The van der Waals surface area contributed by atoms with Crippen LogP contribution in [0.4, 0.5) is 0 Å². The van der Waals surface area contributed by atoms with Crippen LogP contribution in [0.15, 0.2) is 0 Å². The summed E-state index contributed by atoms with van der Waals surface area (Å²) in [6.07, 6.45) is 0. The Morgan fingerprint density at radius 2 is 1.17 bits per heavy atom. The van der Waals surface area contributed by atoms with E-state index in [4.69, 9.17) is 9.93 Å². The quantitative estimate of drug-likeness (QED) is 0.439. The third-order valence-corrected chi connectivity index (χ3v) is 0. The molecule has 0 aliphatic rings. The van der Waals surface area contributed by atoms with Gasteiger partial charge in [-0.05, 0) is 13.8 Å². The van der Waals surface area contributed by atoms with Gasteiger partial charge in [-0.25, -0.2) is 0 Å². The van der Waals surface area contributed by atoms with Crippen LogP contribution in [0.25, 0.3) is 0 Å². The number of Topliss-reactive ketones (excluding diaryl/α,β-unsaturated/α-hetero) is 1. The van der Waals surface area contributed by atoms with Gasteiger partial charge in [-0.1, -0.05) is 0 Å². The maximum atomic E-state index is 9.44. The molecule has 0 aromatic heterocycles. The van der Waals surface area contributed by atoms with Crippen LogP contribution in [-0.4, -0.2) is 5.78 Å². The number of rotatable bonds is 0. The molecule has 0 N–H and O–H groups in total. The second-order valence-corrected chi connectivity index (χ2v) is 0.908. The Balaban J connectivity index is 0. The Morgan fingerprint density at radius 1 is 1.17 bits per heavy atom. The number of hydrogen-bond acceptors (Lipinski definition) is 3. The fraction of sp³-hybridized carbons (Fsp3) is 0.667. The van der Waals surface area contributed by atoms with Crippen LogP contribution in [0, 0.1) is 9.93 Å².